The molecule has 1 aliphatic rings. The van der Waals surface area contributed by atoms with Gasteiger partial charge in [0.15, 0.2) is 0 Å². The van der Waals surface area contributed by atoms with Crippen LogP contribution in [-0.2, 0) is 6.42 Å². The van der Waals surface area contributed by atoms with Crippen LogP contribution < -0.4 is 5.32 Å². The van der Waals surface area contributed by atoms with Gasteiger partial charge in [0, 0.05) is 6.04 Å². The second-order valence-corrected chi connectivity index (χ2v) is 6.41. The number of nitrogens with zero attached hydrogens (tertiary/aromatic N) is 1. The summed E-state index contributed by atoms with van der Waals surface area (Å²) in [6.45, 7) is 7.00. The molecule has 2 heteroatoms. The molecular weight excluding hydrogens is 220 g/mol. The van der Waals surface area contributed by atoms with Crippen LogP contribution in [0, 0.1) is 5.41 Å². The molecule has 2 nitrogen and oxygen atoms in total. The van der Waals surface area contributed by atoms with Gasteiger partial charge in [0.05, 0.1) is 0 Å². The molecule has 0 aliphatic heterocycles. The number of benzene rings is 1. The Morgan fingerprint density at radius 1 is 1.28 bits per heavy atom. The zero-order valence-electron chi connectivity index (χ0n) is 12.2. The molecule has 1 N–H and O–H groups in total. The van der Waals surface area contributed by atoms with E-state index in [-0.39, 0.29) is 0 Å². The average Bonchev–Trinajstić information content (AvgIpc) is 2.54. The van der Waals surface area contributed by atoms with Crippen LogP contribution in [-0.4, -0.2) is 32.1 Å². The van der Waals surface area contributed by atoms with Crippen molar-refractivity contribution in [2.24, 2.45) is 5.41 Å². The number of hydrogen-bond donors (Lipinski definition) is 1. The van der Waals surface area contributed by atoms with Crippen molar-refractivity contribution in [3.63, 3.8) is 0 Å². The van der Waals surface area contributed by atoms with Crippen LogP contribution in [0.5, 0.6) is 0 Å². The average molecular weight is 246 g/mol. The van der Waals surface area contributed by atoms with Crippen LogP contribution in [0.3, 0.4) is 0 Å². The molecule has 0 fully saturated rings. The maximum absolute atomic E-state index is 3.76. The van der Waals surface area contributed by atoms with E-state index in [2.05, 4.69) is 62.4 Å². The van der Waals surface area contributed by atoms with Crippen molar-refractivity contribution < 1.29 is 0 Å². The van der Waals surface area contributed by atoms with E-state index in [1.165, 1.54) is 24.0 Å². The van der Waals surface area contributed by atoms with E-state index in [0.717, 1.165) is 13.1 Å². The molecule has 100 valence electrons. The van der Waals surface area contributed by atoms with E-state index in [1.807, 2.05) is 0 Å². The van der Waals surface area contributed by atoms with Gasteiger partial charge in [0.25, 0.3) is 0 Å². The monoisotopic (exact) mass is 246 g/mol. The van der Waals surface area contributed by atoms with Crippen LogP contribution in [0.2, 0.25) is 0 Å². The zero-order chi connectivity index (χ0) is 13.2. The first-order valence-electron chi connectivity index (χ1n) is 6.96. The number of rotatable bonds is 5. The van der Waals surface area contributed by atoms with Crippen molar-refractivity contribution in [3.8, 4) is 0 Å². The highest BCUT2D eigenvalue weighted by atomic mass is 15.1. The topological polar surface area (TPSA) is 15.3 Å². The summed E-state index contributed by atoms with van der Waals surface area (Å²) in [4.78, 5) is 2.25. The molecule has 1 aliphatic carbocycles. The van der Waals surface area contributed by atoms with Gasteiger partial charge in [0.2, 0.25) is 0 Å². The summed E-state index contributed by atoms with van der Waals surface area (Å²) in [5, 5.41) is 3.76. The molecule has 0 bridgehead atoms. The minimum absolute atomic E-state index is 0.335. The van der Waals surface area contributed by atoms with Crippen LogP contribution in [0.1, 0.15) is 37.4 Å². The Labute approximate surface area is 111 Å². The van der Waals surface area contributed by atoms with Crippen molar-refractivity contribution >= 4 is 0 Å². The number of fused-ring (bicyclic) bond motifs is 1. The summed E-state index contributed by atoms with van der Waals surface area (Å²) in [7, 11) is 4.27. The Balaban J connectivity index is 1.98. The van der Waals surface area contributed by atoms with E-state index < -0.39 is 0 Å². The fourth-order valence-electron chi connectivity index (χ4n) is 3.02. The molecule has 1 atom stereocenters. The molecule has 1 aromatic rings. The summed E-state index contributed by atoms with van der Waals surface area (Å²) in [6.07, 6.45) is 2.40. The maximum atomic E-state index is 3.76. The summed E-state index contributed by atoms with van der Waals surface area (Å²) in [5.74, 6) is 0. The van der Waals surface area contributed by atoms with Gasteiger partial charge in [-0.15, -0.1) is 0 Å². The van der Waals surface area contributed by atoms with Crippen molar-refractivity contribution in [1.82, 2.24) is 10.2 Å². The van der Waals surface area contributed by atoms with Gasteiger partial charge in [0.1, 0.15) is 0 Å². The third-order valence-electron chi connectivity index (χ3n) is 3.92. The molecule has 0 saturated carbocycles. The predicted octanol–water partition coefficient (Wildman–Crippen LogP) is 2.85. The first-order valence-corrected chi connectivity index (χ1v) is 6.96. The van der Waals surface area contributed by atoms with Gasteiger partial charge < -0.3 is 10.2 Å². The van der Waals surface area contributed by atoms with Crippen LogP contribution >= 0.6 is 0 Å². The summed E-state index contributed by atoms with van der Waals surface area (Å²) >= 11 is 0. The van der Waals surface area contributed by atoms with E-state index in [9.17, 15) is 0 Å². The Hall–Kier alpha value is -0.860. The van der Waals surface area contributed by atoms with Gasteiger partial charge in [-0.2, -0.15) is 0 Å². The van der Waals surface area contributed by atoms with Crippen molar-refractivity contribution in [1.29, 1.82) is 0 Å². The van der Waals surface area contributed by atoms with Gasteiger partial charge in [-0.25, -0.2) is 0 Å². The quantitative estimate of drug-likeness (QED) is 0.804. The van der Waals surface area contributed by atoms with E-state index in [4.69, 9.17) is 0 Å². The van der Waals surface area contributed by atoms with Crippen LogP contribution in [0.15, 0.2) is 24.3 Å². The molecular formula is C16H26N2. The Kier molecular flexibility index (Phi) is 4.08. The fraction of sp³-hybridized carbons (Fsp3) is 0.625. The Bertz CT molecular complexity index is 396. The molecule has 2 rings (SSSR count). The highest BCUT2D eigenvalue weighted by Crippen LogP contribution is 2.44. The Morgan fingerprint density at radius 2 is 2.00 bits per heavy atom. The molecule has 0 spiro atoms. The fourth-order valence-corrected chi connectivity index (χ4v) is 3.02. The first kappa shape index (κ1) is 13.6. The second-order valence-electron chi connectivity index (χ2n) is 6.41. The summed E-state index contributed by atoms with van der Waals surface area (Å²) < 4.78 is 0. The highest BCUT2D eigenvalue weighted by molar-refractivity contribution is 5.37. The van der Waals surface area contributed by atoms with Crippen LogP contribution in [0.4, 0.5) is 0 Å². The van der Waals surface area contributed by atoms with Gasteiger partial charge in [-0.1, -0.05) is 38.1 Å². The summed E-state index contributed by atoms with van der Waals surface area (Å²) in [5.41, 5.74) is 3.36. The molecule has 0 radical (unpaired) electrons. The Morgan fingerprint density at radius 3 is 2.72 bits per heavy atom. The minimum Gasteiger partial charge on any atom is -0.309 e. The lowest BCUT2D eigenvalue weighted by molar-refractivity contribution is 0.265. The lowest BCUT2D eigenvalue weighted by atomic mass is 9.85. The molecule has 0 saturated heterocycles. The SMILES string of the molecule is CN(C)CCCNC1c2ccccc2CC1(C)C. The molecule has 0 aromatic heterocycles. The molecule has 0 heterocycles. The number of hydrogen-bond acceptors (Lipinski definition) is 2. The lowest BCUT2D eigenvalue weighted by Gasteiger charge is -2.29. The third-order valence-corrected chi connectivity index (χ3v) is 3.92. The highest BCUT2D eigenvalue weighted by Gasteiger charge is 2.37. The molecule has 0 amide bonds. The summed E-state index contributed by atoms with van der Waals surface area (Å²) in [6, 6.07) is 9.39. The van der Waals surface area contributed by atoms with E-state index in [1.54, 1.807) is 0 Å². The predicted molar refractivity (Wildman–Crippen MR) is 77.8 cm³/mol. The van der Waals surface area contributed by atoms with E-state index >= 15 is 0 Å². The normalized spacial score (nSPS) is 21.3. The molecule has 1 unspecified atom stereocenters. The first-order chi connectivity index (χ1) is 8.50. The lowest BCUT2D eigenvalue weighted by Crippen LogP contribution is -2.32. The smallest absolute Gasteiger partial charge is 0.0377 e. The van der Waals surface area contributed by atoms with Crippen molar-refractivity contribution in [2.45, 2.75) is 32.7 Å². The largest absolute Gasteiger partial charge is 0.309 e. The van der Waals surface area contributed by atoms with Crippen LogP contribution in [0.25, 0.3) is 0 Å². The maximum Gasteiger partial charge on any atom is 0.0377 e. The van der Waals surface area contributed by atoms with E-state index in [0.29, 0.717) is 11.5 Å². The molecule has 18 heavy (non-hydrogen) atoms. The van der Waals surface area contributed by atoms with Gasteiger partial charge >= 0.3 is 0 Å². The standard InChI is InChI=1S/C16H26N2/c1-16(2)12-13-8-5-6-9-14(13)15(16)17-10-7-11-18(3)4/h5-6,8-9,15,17H,7,10-12H2,1-4H3. The third kappa shape index (κ3) is 2.93. The molecule has 1 aromatic carbocycles. The van der Waals surface area contributed by atoms with Crippen molar-refractivity contribution in [3.05, 3.63) is 35.4 Å². The minimum atomic E-state index is 0.335. The van der Waals surface area contributed by atoms with Gasteiger partial charge in [-0.3, -0.25) is 0 Å². The second kappa shape index (κ2) is 5.41. The zero-order valence-corrected chi connectivity index (χ0v) is 12.2. The van der Waals surface area contributed by atoms with Crippen molar-refractivity contribution in [2.75, 3.05) is 27.2 Å². The number of nitrogens with one attached hydrogen (secondary N) is 1. The van der Waals surface area contributed by atoms with Gasteiger partial charge in [-0.05, 0) is 56.6 Å².